The van der Waals surface area contributed by atoms with Crippen LogP contribution in [0.2, 0.25) is 0 Å². The first-order valence-electron chi connectivity index (χ1n) is 3.61. The summed E-state index contributed by atoms with van der Waals surface area (Å²) < 4.78 is 5.30. The van der Waals surface area contributed by atoms with Crippen molar-refractivity contribution in [2.75, 3.05) is 0 Å². The lowest BCUT2D eigenvalue weighted by Crippen LogP contribution is -2.02. The van der Waals surface area contributed by atoms with Crippen molar-refractivity contribution in [2.24, 2.45) is 0 Å². The van der Waals surface area contributed by atoms with Crippen molar-refractivity contribution in [3.63, 3.8) is 0 Å². The van der Waals surface area contributed by atoms with E-state index in [0.29, 0.717) is 6.61 Å². The molecule has 0 saturated heterocycles. The molecule has 0 fully saturated rings. The molecule has 1 aliphatic heterocycles. The molecular formula is C9H9NO. The zero-order valence-electron chi connectivity index (χ0n) is 6.37. The minimum atomic E-state index is 0.610. The number of pyridine rings is 1. The van der Waals surface area contributed by atoms with Crippen molar-refractivity contribution < 1.29 is 4.74 Å². The number of hydrogen-bond donors (Lipinski definition) is 0. The Hall–Kier alpha value is -1.31. The first-order chi connectivity index (χ1) is 5.36. The Morgan fingerprint density at radius 3 is 3.36 bits per heavy atom. The van der Waals surface area contributed by atoms with Crippen LogP contribution in [-0.2, 0) is 11.3 Å². The Morgan fingerprint density at radius 1 is 1.55 bits per heavy atom. The van der Waals surface area contributed by atoms with Crippen molar-refractivity contribution in [2.45, 2.75) is 13.5 Å². The second-order valence-corrected chi connectivity index (χ2v) is 2.58. The van der Waals surface area contributed by atoms with E-state index in [9.17, 15) is 0 Å². The van der Waals surface area contributed by atoms with Crippen LogP contribution in [-0.4, -0.2) is 4.98 Å². The lowest BCUT2D eigenvalue weighted by atomic mass is 10.1. The fourth-order valence-corrected chi connectivity index (χ4v) is 1.15. The molecule has 0 N–H and O–H groups in total. The van der Waals surface area contributed by atoms with Crippen LogP contribution >= 0.6 is 0 Å². The van der Waals surface area contributed by atoms with Gasteiger partial charge >= 0.3 is 0 Å². The molecule has 2 nitrogen and oxygen atoms in total. The van der Waals surface area contributed by atoms with Gasteiger partial charge in [-0.1, -0.05) is 6.07 Å². The third-order valence-electron chi connectivity index (χ3n) is 1.72. The van der Waals surface area contributed by atoms with Gasteiger partial charge in [0.15, 0.2) is 0 Å². The van der Waals surface area contributed by atoms with Crippen LogP contribution < -0.4 is 0 Å². The highest BCUT2D eigenvalue weighted by atomic mass is 16.5. The zero-order valence-corrected chi connectivity index (χ0v) is 6.37. The molecule has 1 aliphatic rings. The lowest BCUT2D eigenvalue weighted by molar-refractivity contribution is 0.195. The first kappa shape index (κ1) is 6.40. The fourth-order valence-electron chi connectivity index (χ4n) is 1.15. The monoisotopic (exact) mass is 147 g/mol. The number of aromatic nitrogens is 1. The summed E-state index contributed by atoms with van der Waals surface area (Å²) in [5.74, 6) is 0.963. The van der Waals surface area contributed by atoms with E-state index < -0.39 is 0 Å². The van der Waals surface area contributed by atoms with E-state index in [1.54, 1.807) is 6.20 Å². The highest BCUT2D eigenvalue weighted by molar-refractivity contribution is 5.54. The Bertz CT molecular complexity index is 304. The number of fused-ring (bicyclic) bond motifs is 1. The molecule has 0 bridgehead atoms. The van der Waals surface area contributed by atoms with Crippen LogP contribution in [0.3, 0.4) is 0 Å². The van der Waals surface area contributed by atoms with E-state index in [0.717, 1.165) is 11.5 Å². The van der Waals surface area contributed by atoms with Crippen molar-refractivity contribution in [3.05, 3.63) is 35.3 Å². The standard InChI is InChI=1S/C9H9NO/c1-7-5-8-3-2-4-10-9(8)6-11-7/h2-5H,6H2,1H3. The normalized spacial score (nSPS) is 14.8. The lowest BCUT2D eigenvalue weighted by Gasteiger charge is -2.13. The maximum atomic E-state index is 5.30. The van der Waals surface area contributed by atoms with Gasteiger partial charge in [-0.15, -0.1) is 0 Å². The van der Waals surface area contributed by atoms with Crippen molar-refractivity contribution >= 4 is 6.08 Å². The van der Waals surface area contributed by atoms with Gasteiger partial charge in [0.05, 0.1) is 11.5 Å². The van der Waals surface area contributed by atoms with Gasteiger partial charge < -0.3 is 4.74 Å². The molecule has 1 aromatic heterocycles. The van der Waals surface area contributed by atoms with Gasteiger partial charge in [-0.2, -0.15) is 0 Å². The molecular weight excluding hydrogens is 138 g/mol. The summed E-state index contributed by atoms with van der Waals surface area (Å²) >= 11 is 0. The van der Waals surface area contributed by atoms with Crippen LogP contribution in [0, 0.1) is 0 Å². The summed E-state index contributed by atoms with van der Waals surface area (Å²) in [6.07, 6.45) is 3.79. The molecule has 2 heteroatoms. The maximum absolute atomic E-state index is 5.30. The van der Waals surface area contributed by atoms with Crippen molar-refractivity contribution in [3.8, 4) is 0 Å². The molecule has 0 aliphatic carbocycles. The largest absolute Gasteiger partial charge is 0.492 e. The molecule has 1 aromatic rings. The summed E-state index contributed by atoms with van der Waals surface area (Å²) in [6, 6.07) is 3.99. The van der Waals surface area contributed by atoms with Crippen LogP contribution in [0.25, 0.3) is 6.08 Å². The summed E-state index contributed by atoms with van der Waals surface area (Å²) in [4.78, 5) is 4.18. The van der Waals surface area contributed by atoms with Crippen LogP contribution in [0.4, 0.5) is 0 Å². The van der Waals surface area contributed by atoms with Gasteiger partial charge in [-0.3, -0.25) is 4.98 Å². The molecule has 0 radical (unpaired) electrons. The minimum absolute atomic E-state index is 0.610. The van der Waals surface area contributed by atoms with Gasteiger partial charge in [0.2, 0.25) is 0 Å². The molecule has 0 unspecified atom stereocenters. The summed E-state index contributed by atoms with van der Waals surface area (Å²) in [5, 5.41) is 0. The second-order valence-electron chi connectivity index (χ2n) is 2.58. The first-order valence-corrected chi connectivity index (χ1v) is 3.61. The van der Waals surface area contributed by atoms with Gasteiger partial charge in [-0.05, 0) is 19.1 Å². The Kier molecular flexibility index (Phi) is 1.39. The van der Waals surface area contributed by atoms with E-state index in [1.165, 1.54) is 5.56 Å². The maximum Gasteiger partial charge on any atom is 0.130 e. The molecule has 0 aromatic carbocycles. The van der Waals surface area contributed by atoms with Crippen molar-refractivity contribution in [1.29, 1.82) is 0 Å². The predicted molar refractivity (Wildman–Crippen MR) is 42.7 cm³/mol. The Morgan fingerprint density at radius 2 is 2.45 bits per heavy atom. The number of nitrogens with zero attached hydrogens (tertiary/aromatic N) is 1. The summed E-state index contributed by atoms with van der Waals surface area (Å²) in [7, 11) is 0. The zero-order chi connectivity index (χ0) is 7.68. The van der Waals surface area contributed by atoms with E-state index in [4.69, 9.17) is 4.74 Å². The number of allylic oxidation sites excluding steroid dienone is 1. The quantitative estimate of drug-likeness (QED) is 0.559. The molecule has 56 valence electrons. The van der Waals surface area contributed by atoms with E-state index in [1.807, 2.05) is 25.1 Å². The van der Waals surface area contributed by atoms with Crippen molar-refractivity contribution in [1.82, 2.24) is 4.98 Å². The average Bonchev–Trinajstić information content (AvgIpc) is 2.04. The summed E-state index contributed by atoms with van der Waals surface area (Å²) in [5.41, 5.74) is 2.20. The highest BCUT2D eigenvalue weighted by Gasteiger charge is 2.07. The van der Waals surface area contributed by atoms with Gasteiger partial charge in [0.1, 0.15) is 6.61 Å². The Balaban J connectivity index is 2.51. The topological polar surface area (TPSA) is 22.1 Å². The smallest absolute Gasteiger partial charge is 0.130 e. The second kappa shape index (κ2) is 2.38. The Labute approximate surface area is 65.5 Å². The fraction of sp³-hybridized carbons (Fsp3) is 0.222. The van der Waals surface area contributed by atoms with Gasteiger partial charge in [-0.25, -0.2) is 0 Å². The average molecular weight is 147 g/mol. The van der Waals surface area contributed by atoms with Crippen LogP contribution in [0.1, 0.15) is 18.2 Å². The SMILES string of the molecule is CC1=Cc2cccnc2CO1. The molecule has 2 heterocycles. The highest BCUT2D eigenvalue weighted by Crippen LogP contribution is 2.18. The molecule has 0 amide bonds. The van der Waals surface area contributed by atoms with Gasteiger partial charge in [0.25, 0.3) is 0 Å². The third kappa shape index (κ3) is 1.11. The van der Waals surface area contributed by atoms with Gasteiger partial charge in [0, 0.05) is 11.8 Å². The molecule has 0 saturated carbocycles. The number of hydrogen-bond acceptors (Lipinski definition) is 2. The van der Waals surface area contributed by atoms with Crippen LogP contribution in [0.5, 0.6) is 0 Å². The third-order valence-corrected chi connectivity index (χ3v) is 1.72. The molecule has 2 rings (SSSR count). The minimum Gasteiger partial charge on any atom is -0.492 e. The van der Waals surface area contributed by atoms with E-state index in [2.05, 4.69) is 4.98 Å². The predicted octanol–water partition coefficient (Wildman–Crippen LogP) is 1.97. The van der Waals surface area contributed by atoms with E-state index in [-0.39, 0.29) is 0 Å². The molecule has 0 spiro atoms. The molecule has 11 heavy (non-hydrogen) atoms. The van der Waals surface area contributed by atoms with Crippen LogP contribution in [0.15, 0.2) is 24.1 Å². The number of rotatable bonds is 0. The van der Waals surface area contributed by atoms with E-state index >= 15 is 0 Å². The summed E-state index contributed by atoms with van der Waals surface area (Å²) in [6.45, 7) is 2.56. The molecule has 0 atom stereocenters. The number of ether oxygens (including phenoxy) is 1.